The Hall–Kier alpha value is -2.32. The Labute approximate surface area is 160 Å². The maximum absolute atomic E-state index is 12.0. The molecule has 0 radical (unpaired) electrons. The van der Waals surface area contributed by atoms with Gasteiger partial charge in [0.25, 0.3) is 0 Å². The number of imide groups is 1. The first-order valence-corrected chi connectivity index (χ1v) is 8.92. The highest BCUT2D eigenvalue weighted by Gasteiger charge is 2.25. The fourth-order valence-corrected chi connectivity index (χ4v) is 1.89. The first-order valence-electron chi connectivity index (χ1n) is 8.92. The van der Waals surface area contributed by atoms with Crippen molar-refractivity contribution in [3.63, 3.8) is 0 Å². The van der Waals surface area contributed by atoms with Crippen molar-refractivity contribution in [2.24, 2.45) is 0 Å². The van der Waals surface area contributed by atoms with Crippen molar-refractivity contribution >= 4 is 24.1 Å². The number of rotatable bonds is 7. The van der Waals surface area contributed by atoms with Crippen LogP contribution in [0, 0.1) is 0 Å². The minimum absolute atomic E-state index is 0.0227. The minimum atomic E-state index is -0.950. The molecule has 0 rings (SSSR count). The van der Waals surface area contributed by atoms with E-state index in [1.807, 2.05) is 0 Å². The number of hydrogen-bond donors (Lipinski definition) is 2. The third-order valence-corrected chi connectivity index (χ3v) is 2.80. The van der Waals surface area contributed by atoms with Gasteiger partial charge in [-0.2, -0.15) is 0 Å². The van der Waals surface area contributed by atoms with E-state index < -0.39 is 41.3 Å². The van der Waals surface area contributed by atoms with Crippen molar-refractivity contribution in [2.75, 3.05) is 6.61 Å². The molecule has 3 amide bonds. The van der Waals surface area contributed by atoms with Crippen LogP contribution in [0.25, 0.3) is 0 Å². The number of amides is 3. The Morgan fingerprint density at radius 1 is 0.889 bits per heavy atom. The van der Waals surface area contributed by atoms with Crippen molar-refractivity contribution in [1.82, 2.24) is 10.6 Å². The number of carbonyl (C=O) groups excluding carboxylic acids is 4. The van der Waals surface area contributed by atoms with E-state index in [1.54, 1.807) is 48.5 Å². The first-order chi connectivity index (χ1) is 12.2. The summed E-state index contributed by atoms with van der Waals surface area (Å²) in [5.41, 5.74) is -1.42. The predicted octanol–water partition coefficient (Wildman–Crippen LogP) is 2.66. The number of ether oxygens (including phenoxy) is 3. The number of esters is 1. The summed E-state index contributed by atoms with van der Waals surface area (Å²) in [6.07, 6.45) is -1.21. The van der Waals surface area contributed by atoms with E-state index in [9.17, 15) is 19.2 Å². The second kappa shape index (κ2) is 10.7. The molecule has 9 nitrogen and oxygen atoms in total. The van der Waals surface area contributed by atoms with Gasteiger partial charge in [0.05, 0.1) is 6.61 Å². The second-order valence-electron chi connectivity index (χ2n) is 7.89. The molecule has 0 unspecified atom stereocenters. The van der Waals surface area contributed by atoms with Gasteiger partial charge in [0, 0.05) is 6.42 Å². The highest BCUT2D eigenvalue weighted by molar-refractivity contribution is 5.91. The summed E-state index contributed by atoms with van der Waals surface area (Å²) in [6.45, 7) is 12.0. The van der Waals surface area contributed by atoms with E-state index in [0.29, 0.717) is 0 Å². The number of carbonyl (C=O) groups is 4. The molecule has 27 heavy (non-hydrogen) atoms. The molecule has 0 saturated carbocycles. The van der Waals surface area contributed by atoms with Gasteiger partial charge in [0.1, 0.15) is 17.2 Å². The zero-order valence-electron chi connectivity index (χ0n) is 17.3. The molecule has 0 heterocycles. The predicted molar refractivity (Wildman–Crippen MR) is 98.0 cm³/mol. The SMILES string of the molecule is CCOC(=O)[C@H](CCCC(=O)NC(=O)OC(C)(C)C)NC(=O)OC(C)(C)C. The third kappa shape index (κ3) is 13.5. The van der Waals surface area contributed by atoms with Crippen LogP contribution in [0.2, 0.25) is 0 Å². The molecule has 2 N–H and O–H groups in total. The summed E-state index contributed by atoms with van der Waals surface area (Å²) >= 11 is 0. The van der Waals surface area contributed by atoms with E-state index in [2.05, 4.69) is 10.6 Å². The quantitative estimate of drug-likeness (QED) is 0.508. The third-order valence-electron chi connectivity index (χ3n) is 2.80. The van der Waals surface area contributed by atoms with Crippen LogP contribution in [-0.4, -0.2) is 47.9 Å². The summed E-state index contributed by atoms with van der Waals surface area (Å²) < 4.78 is 15.0. The van der Waals surface area contributed by atoms with E-state index in [4.69, 9.17) is 14.2 Å². The highest BCUT2D eigenvalue weighted by atomic mass is 16.6. The molecule has 156 valence electrons. The van der Waals surface area contributed by atoms with Gasteiger partial charge in [-0.25, -0.2) is 14.4 Å². The van der Waals surface area contributed by atoms with Gasteiger partial charge < -0.3 is 19.5 Å². The van der Waals surface area contributed by atoms with E-state index >= 15 is 0 Å². The molecule has 9 heteroatoms. The molecule has 0 spiro atoms. The van der Waals surface area contributed by atoms with E-state index in [0.717, 1.165) is 0 Å². The van der Waals surface area contributed by atoms with Crippen molar-refractivity contribution in [3.8, 4) is 0 Å². The highest BCUT2D eigenvalue weighted by Crippen LogP contribution is 2.10. The number of hydrogen-bond acceptors (Lipinski definition) is 7. The van der Waals surface area contributed by atoms with Gasteiger partial charge in [-0.15, -0.1) is 0 Å². The second-order valence-corrected chi connectivity index (χ2v) is 7.89. The van der Waals surface area contributed by atoms with Gasteiger partial charge in [-0.05, 0) is 61.3 Å². The largest absolute Gasteiger partial charge is 0.464 e. The van der Waals surface area contributed by atoms with E-state index in [1.165, 1.54) is 0 Å². The standard InChI is InChI=1S/C18H32N2O7/c1-8-25-14(22)12(19-15(23)26-17(2,3)4)10-9-11-13(21)20-16(24)27-18(5,6)7/h12H,8-11H2,1-7H3,(H,19,23)(H,20,21,24)/t12-/m0/s1. The first kappa shape index (κ1) is 24.7. The Morgan fingerprint density at radius 2 is 1.41 bits per heavy atom. The summed E-state index contributed by atoms with van der Waals surface area (Å²) in [5, 5.41) is 4.55. The van der Waals surface area contributed by atoms with Crippen LogP contribution in [0.15, 0.2) is 0 Å². The lowest BCUT2D eigenvalue weighted by molar-refractivity contribution is -0.146. The molecule has 0 aromatic carbocycles. The molecule has 0 aliphatic carbocycles. The minimum Gasteiger partial charge on any atom is -0.464 e. The Kier molecular flexibility index (Phi) is 9.82. The Bertz CT molecular complexity index is 533. The van der Waals surface area contributed by atoms with Gasteiger partial charge in [0.15, 0.2) is 0 Å². The smallest absolute Gasteiger partial charge is 0.414 e. The topological polar surface area (TPSA) is 120 Å². The summed E-state index contributed by atoms with van der Waals surface area (Å²) in [7, 11) is 0. The summed E-state index contributed by atoms with van der Waals surface area (Å²) in [4.78, 5) is 47.2. The molecule has 0 aromatic rings. The van der Waals surface area contributed by atoms with Crippen molar-refractivity contribution in [1.29, 1.82) is 0 Å². The fourth-order valence-electron chi connectivity index (χ4n) is 1.89. The lowest BCUT2D eigenvalue weighted by Crippen LogP contribution is -2.44. The van der Waals surface area contributed by atoms with Crippen molar-refractivity contribution in [3.05, 3.63) is 0 Å². The Balaban J connectivity index is 4.55. The molecule has 0 aliphatic heterocycles. The lowest BCUT2D eigenvalue weighted by Gasteiger charge is -2.22. The fraction of sp³-hybridized carbons (Fsp3) is 0.778. The van der Waals surface area contributed by atoms with Gasteiger partial charge in [-0.3, -0.25) is 10.1 Å². The molecular weight excluding hydrogens is 356 g/mol. The van der Waals surface area contributed by atoms with Crippen LogP contribution < -0.4 is 10.6 Å². The van der Waals surface area contributed by atoms with Gasteiger partial charge in [0.2, 0.25) is 5.91 Å². The van der Waals surface area contributed by atoms with Crippen molar-refractivity contribution < 1.29 is 33.4 Å². The monoisotopic (exact) mass is 388 g/mol. The number of alkyl carbamates (subject to hydrolysis) is 2. The average molecular weight is 388 g/mol. The van der Waals surface area contributed by atoms with Gasteiger partial charge in [-0.1, -0.05) is 0 Å². The van der Waals surface area contributed by atoms with E-state index in [-0.39, 0.29) is 25.9 Å². The summed E-state index contributed by atoms with van der Waals surface area (Å²) in [6, 6.07) is -0.950. The molecule has 1 atom stereocenters. The van der Waals surface area contributed by atoms with Crippen LogP contribution in [0.1, 0.15) is 67.7 Å². The molecule has 0 fully saturated rings. The molecule has 0 saturated heterocycles. The number of nitrogens with one attached hydrogen (secondary N) is 2. The van der Waals surface area contributed by atoms with Crippen LogP contribution in [0.4, 0.5) is 9.59 Å². The molecular formula is C18H32N2O7. The maximum atomic E-state index is 12.0. The normalized spacial score (nSPS) is 12.6. The average Bonchev–Trinajstić information content (AvgIpc) is 2.42. The van der Waals surface area contributed by atoms with Gasteiger partial charge >= 0.3 is 18.2 Å². The summed E-state index contributed by atoms with van der Waals surface area (Å²) in [5.74, 6) is -1.15. The zero-order valence-corrected chi connectivity index (χ0v) is 17.3. The Morgan fingerprint density at radius 3 is 1.89 bits per heavy atom. The van der Waals surface area contributed by atoms with Crippen LogP contribution in [-0.2, 0) is 23.8 Å². The zero-order chi connectivity index (χ0) is 21.3. The lowest BCUT2D eigenvalue weighted by atomic mass is 10.1. The maximum Gasteiger partial charge on any atom is 0.414 e. The molecule has 0 bridgehead atoms. The van der Waals surface area contributed by atoms with Crippen molar-refractivity contribution in [2.45, 2.75) is 85.0 Å². The van der Waals surface area contributed by atoms with Crippen LogP contribution >= 0.6 is 0 Å². The van der Waals surface area contributed by atoms with Crippen LogP contribution in [0.5, 0.6) is 0 Å². The molecule has 0 aliphatic rings. The molecule has 0 aromatic heterocycles. The van der Waals surface area contributed by atoms with Crippen LogP contribution in [0.3, 0.4) is 0 Å².